The number of hydrogen-bond acceptors (Lipinski definition) is 3. The molecule has 0 aromatic carbocycles. The first-order chi connectivity index (χ1) is 7.52. The van der Waals surface area contributed by atoms with Gasteiger partial charge in [0.2, 0.25) is 11.8 Å². The zero-order chi connectivity index (χ0) is 12.6. The van der Waals surface area contributed by atoms with Crippen LogP contribution in [-0.2, 0) is 9.59 Å². The van der Waals surface area contributed by atoms with Crippen LogP contribution in [0.5, 0.6) is 0 Å². The predicted octanol–water partition coefficient (Wildman–Crippen LogP) is 0.00220. The standard InChI is InChI=1S/C11H23N3O2/c1-4-8(3)10(12)11(16)14-7-6-9(15)13-5-2/h8,10H,4-7,12H2,1-3H3,(H,13,15)(H,14,16). The van der Waals surface area contributed by atoms with E-state index in [2.05, 4.69) is 10.6 Å². The van der Waals surface area contributed by atoms with Crippen molar-refractivity contribution in [1.29, 1.82) is 0 Å². The van der Waals surface area contributed by atoms with Gasteiger partial charge in [0, 0.05) is 19.5 Å². The topological polar surface area (TPSA) is 84.2 Å². The minimum atomic E-state index is -0.487. The first kappa shape index (κ1) is 14.9. The van der Waals surface area contributed by atoms with E-state index < -0.39 is 6.04 Å². The van der Waals surface area contributed by atoms with Crippen molar-refractivity contribution in [1.82, 2.24) is 10.6 Å². The lowest BCUT2D eigenvalue weighted by atomic mass is 9.99. The number of carbonyl (C=O) groups excluding carboxylic acids is 2. The number of hydrogen-bond donors (Lipinski definition) is 3. The van der Waals surface area contributed by atoms with Gasteiger partial charge in [-0.15, -0.1) is 0 Å². The van der Waals surface area contributed by atoms with E-state index in [9.17, 15) is 9.59 Å². The van der Waals surface area contributed by atoms with Crippen LogP contribution in [0.1, 0.15) is 33.6 Å². The highest BCUT2D eigenvalue weighted by molar-refractivity contribution is 5.82. The molecule has 2 unspecified atom stereocenters. The third-order valence-electron chi connectivity index (χ3n) is 2.58. The van der Waals surface area contributed by atoms with Crippen LogP contribution in [0.2, 0.25) is 0 Å². The maximum absolute atomic E-state index is 11.5. The lowest BCUT2D eigenvalue weighted by Crippen LogP contribution is -2.45. The van der Waals surface area contributed by atoms with E-state index in [4.69, 9.17) is 5.73 Å². The smallest absolute Gasteiger partial charge is 0.237 e. The molecule has 0 aliphatic heterocycles. The van der Waals surface area contributed by atoms with Gasteiger partial charge >= 0.3 is 0 Å². The van der Waals surface area contributed by atoms with Crippen LogP contribution >= 0.6 is 0 Å². The van der Waals surface area contributed by atoms with Crippen LogP contribution in [0.25, 0.3) is 0 Å². The Morgan fingerprint density at radius 3 is 2.38 bits per heavy atom. The lowest BCUT2D eigenvalue weighted by Gasteiger charge is -2.17. The quantitative estimate of drug-likeness (QED) is 0.574. The minimum absolute atomic E-state index is 0.0556. The summed E-state index contributed by atoms with van der Waals surface area (Å²) in [7, 11) is 0. The van der Waals surface area contributed by atoms with Crippen molar-refractivity contribution in [3.8, 4) is 0 Å². The molecule has 2 atom stereocenters. The monoisotopic (exact) mass is 229 g/mol. The molecule has 5 heteroatoms. The van der Waals surface area contributed by atoms with Crippen LogP contribution in [0, 0.1) is 5.92 Å². The van der Waals surface area contributed by atoms with Crippen molar-refractivity contribution in [3.63, 3.8) is 0 Å². The Morgan fingerprint density at radius 2 is 1.88 bits per heavy atom. The second-order valence-electron chi connectivity index (χ2n) is 3.91. The fourth-order valence-corrected chi connectivity index (χ4v) is 1.21. The summed E-state index contributed by atoms with van der Waals surface area (Å²) >= 11 is 0. The highest BCUT2D eigenvalue weighted by Gasteiger charge is 2.18. The van der Waals surface area contributed by atoms with E-state index in [0.717, 1.165) is 6.42 Å². The molecular weight excluding hydrogens is 206 g/mol. The molecule has 0 bridgehead atoms. The van der Waals surface area contributed by atoms with E-state index in [0.29, 0.717) is 19.5 Å². The second kappa shape index (κ2) is 8.10. The van der Waals surface area contributed by atoms with Crippen molar-refractivity contribution < 1.29 is 9.59 Å². The molecule has 0 saturated carbocycles. The van der Waals surface area contributed by atoms with Crippen LogP contribution < -0.4 is 16.4 Å². The molecule has 0 aromatic rings. The van der Waals surface area contributed by atoms with Crippen molar-refractivity contribution in [3.05, 3.63) is 0 Å². The first-order valence-corrected chi connectivity index (χ1v) is 5.82. The molecule has 0 fully saturated rings. The Morgan fingerprint density at radius 1 is 1.25 bits per heavy atom. The summed E-state index contributed by atoms with van der Waals surface area (Å²) in [6, 6.07) is -0.487. The average Bonchev–Trinajstić information content (AvgIpc) is 2.27. The van der Waals surface area contributed by atoms with Gasteiger partial charge in [0.15, 0.2) is 0 Å². The normalized spacial score (nSPS) is 14.0. The first-order valence-electron chi connectivity index (χ1n) is 5.82. The molecule has 0 spiro atoms. The number of nitrogens with one attached hydrogen (secondary N) is 2. The summed E-state index contributed by atoms with van der Waals surface area (Å²) in [6.07, 6.45) is 1.16. The maximum Gasteiger partial charge on any atom is 0.237 e. The van der Waals surface area contributed by atoms with Crippen molar-refractivity contribution >= 4 is 11.8 Å². The molecule has 94 valence electrons. The number of amides is 2. The molecule has 0 aromatic heterocycles. The molecule has 0 aliphatic carbocycles. The van der Waals surface area contributed by atoms with E-state index >= 15 is 0 Å². The highest BCUT2D eigenvalue weighted by atomic mass is 16.2. The highest BCUT2D eigenvalue weighted by Crippen LogP contribution is 2.04. The van der Waals surface area contributed by atoms with Crippen LogP contribution in [0.4, 0.5) is 0 Å². The number of rotatable bonds is 7. The van der Waals surface area contributed by atoms with E-state index in [1.165, 1.54) is 0 Å². The van der Waals surface area contributed by atoms with Gasteiger partial charge in [0.05, 0.1) is 6.04 Å². The summed E-state index contributed by atoms with van der Waals surface area (Å²) in [5, 5.41) is 5.32. The van der Waals surface area contributed by atoms with Gasteiger partial charge < -0.3 is 16.4 Å². The zero-order valence-electron chi connectivity index (χ0n) is 10.4. The molecule has 16 heavy (non-hydrogen) atoms. The van der Waals surface area contributed by atoms with Crippen LogP contribution in [0.15, 0.2) is 0 Å². The fourth-order valence-electron chi connectivity index (χ4n) is 1.21. The fraction of sp³-hybridized carbons (Fsp3) is 0.818. The molecule has 0 rings (SSSR count). The molecule has 2 amide bonds. The van der Waals surface area contributed by atoms with E-state index in [1.807, 2.05) is 20.8 Å². The SMILES string of the molecule is CCNC(=O)CCNC(=O)C(N)C(C)CC. The largest absolute Gasteiger partial charge is 0.356 e. The third-order valence-corrected chi connectivity index (χ3v) is 2.58. The molecule has 5 nitrogen and oxygen atoms in total. The van der Waals surface area contributed by atoms with Gasteiger partial charge in [-0.2, -0.15) is 0 Å². The third kappa shape index (κ3) is 5.70. The van der Waals surface area contributed by atoms with E-state index in [-0.39, 0.29) is 17.7 Å². The van der Waals surface area contributed by atoms with Gasteiger partial charge in [0.25, 0.3) is 0 Å². The van der Waals surface area contributed by atoms with Crippen LogP contribution in [-0.4, -0.2) is 30.9 Å². The lowest BCUT2D eigenvalue weighted by molar-refractivity contribution is -0.123. The van der Waals surface area contributed by atoms with Gasteiger partial charge in [0.1, 0.15) is 0 Å². The summed E-state index contributed by atoms with van der Waals surface area (Å²) in [5.41, 5.74) is 5.73. The Labute approximate surface area is 97.2 Å². The summed E-state index contributed by atoms with van der Waals surface area (Å²) < 4.78 is 0. The van der Waals surface area contributed by atoms with Gasteiger partial charge in [-0.05, 0) is 12.8 Å². The molecule has 0 aliphatic rings. The second-order valence-corrected chi connectivity index (χ2v) is 3.91. The molecule has 0 heterocycles. The Balaban J connectivity index is 3.77. The molecular formula is C11H23N3O2. The van der Waals surface area contributed by atoms with Gasteiger partial charge in [-0.3, -0.25) is 9.59 Å². The summed E-state index contributed by atoms with van der Waals surface area (Å²) in [5.74, 6) is -0.0805. The Hall–Kier alpha value is -1.10. The van der Waals surface area contributed by atoms with Crippen molar-refractivity contribution in [2.75, 3.05) is 13.1 Å². The Kier molecular flexibility index (Phi) is 7.54. The molecule has 0 saturated heterocycles. The number of carbonyl (C=O) groups is 2. The van der Waals surface area contributed by atoms with Crippen LogP contribution in [0.3, 0.4) is 0 Å². The predicted molar refractivity (Wildman–Crippen MR) is 63.7 cm³/mol. The summed E-state index contributed by atoms with van der Waals surface area (Å²) in [4.78, 5) is 22.6. The van der Waals surface area contributed by atoms with Crippen molar-refractivity contribution in [2.24, 2.45) is 11.7 Å². The maximum atomic E-state index is 11.5. The number of nitrogens with two attached hydrogens (primary N) is 1. The average molecular weight is 229 g/mol. The van der Waals surface area contributed by atoms with Gasteiger partial charge in [-0.1, -0.05) is 20.3 Å². The van der Waals surface area contributed by atoms with Gasteiger partial charge in [-0.25, -0.2) is 0 Å². The molecule has 4 N–H and O–H groups in total. The zero-order valence-corrected chi connectivity index (χ0v) is 10.4. The summed E-state index contributed by atoms with van der Waals surface area (Å²) in [6.45, 7) is 6.74. The Bertz CT molecular complexity index is 231. The minimum Gasteiger partial charge on any atom is -0.356 e. The van der Waals surface area contributed by atoms with Crippen molar-refractivity contribution in [2.45, 2.75) is 39.7 Å². The van der Waals surface area contributed by atoms with E-state index in [1.54, 1.807) is 0 Å². The molecule has 0 radical (unpaired) electrons.